The average Bonchev–Trinajstić information content (AvgIpc) is 3.24. The van der Waals surface area contributed by atoms with E-state index in [0.717, 1.165) is 36.7 Å². The number of pyridine rings is 1. The van der Waals surface area contributed by atoms with E-state index < -0.39 is 0 Å². The number of carbonyl (C=O) groups is 1. The fraction of sp³-hybridized carbons (Fsp3) is 0.471. The Kier molecular flexibility index (Phi) is 5.10. The maximum atomic E-state index is 12.0. The highest BCUT2D eigenvalue weighted by atomic mass is 16.5. The lowest BCUT2D eigenvalue weighted by Crippen LogP contribution is -2.45. The van der Waals surface area contributed by atoms with Gasteiger partial charge in [0.05, 0.1) is 12.1 Å². The Morgan fingerprint density at radius 2 is 2.33 bits per heavy atom. The van der Waals surface area contributed by atoms with Gasteiger partial charge >= 0.3 is 6.03 Å². The van der Waals surface area contributed by atoms with E-state index in [1.54, 1.807) is 12.4 Å². The fourth-order valence-corrected chi connectivity index (χ4v) is 2.85. The first-order valence-corrected chi connectivity index (χ1v) is 8.24. The number of ether oxygens (including phenoxy) is 1. The summed E-state index contributed by atoms with van der Waals surface area (Å²) in [6.45, 7) is 5.12. The van der Waals surface area contributed by atoms with Crippen LogP contribution in [-0.4, -0.2) is 39.3 Å². The molecule has 1 aliphatic heterocycles. The number of amides is 2. The highest BCUT2D eigenvalue weighted by molar-refractivity contribution is 5.74. The number of aromatic nitrogens is 3. The molecule has 2 aromatic rings. The maximum Gasteiger partial charge on any atom is 0.315 e. The Bertz CT molecular complexity index is 694. The van der Waals surface area contributed by atoms with E-state index in [1.807, 2.05) is 36.7 Å². The number of rotatable bonds is 5. The molecule has 7 heteroatoms. The molecule has 2 aromatic heterocycles. The summed E-state index contributed by atoms with van der Waals surface area (Å²) >= 11 is 0. The zero-order valence-corrected chi connectivity index (χ0v) is 14.0. The summed E-state index contributed by atoms with van der Waals surface area (Å²) in [6, 6.07) is 3.65. The summed E-state index contributed by atoms with van der Waals surface area (Å²) in [5.74, 6) is 1.66. The fourth-order valence-electron chi connectivity index (χ4n) is 2.85. The molecule has 0 aliphatic carbocycles. The lowest BCUT2D eigenvalue weighted by molar-refractivity contribution is 0.0860. The van der Waals surface area contributed by atoms with Crippen molar-refractivity contribution in [3.63, 3.8) is 0 Å². The molecule has 2 atom stereocenters. The molecule has 0 bridgehead atoms. The van der Waals surface area contributed by atoms with Gasteiger partial charge in [-0.2, -0.15) is 0 Å². The zero-order chi connectivity index (χ0) is 16.9. The molecule has 2 amide bonds. The number of imidazole rings is 1. The summed E-state index contributed by atoms with van der Waals surface area (Å²) in [5.41, 5.74) is 0.980. The number of nitrogens with zero attached hydrogens (tertiary/aromatic N) is 3. The number of urea groups is 1. The van der Waals surface area contributed by atoms with Crippen LogP contribution in [-0.2, 0) is 11.3 Å². The molecule has 1 fully saturated rings. The quantitative estimate of drug-likeness (QED) is 0.878. The van der Waals surface area contributed by atoms with E-state index in [-0.39, 0.29) is 18.2 Å². The van der Waals surface area contributed by atoms with Crippen molar-refractivity contribution < 1.29 is 9.53 Å². The normalized spacial score (nSPS) is 18.3. The van der Waals surface area contributed by atoms with Gasteiger partial charge in [0.2, 0.25) is 0 Å². The number of nitrogens with one attached hydrogen (secondary N) is 2. The van der Waals surface area contributed by atoms with Gasteiger partial charge in [-0.1, -0.05) is 0 Å². The smallest absolute Gasteiger partial charge is 0.315 e. The third-order valence-corrected chi connectivity index (χ3v) is 4.22. The third-order valence-electron chi connectivity index (χ3n) is 4.22. The molecule has 24 heavy (non-hydrogen) atoms. The van der Waals surface area contributed by atoms with Crippen LogP contribution in [0.1, 0.15) is 31.2 Å². The summed E-state index contributed by atoms with van der Waals surface area (Å²) < 4.78 is 7.49. The first-order chi connectivity index (χ1) is 11.6. The van der Waals surface area contributed by atoms with E-state index in [9.17, 15) is 4.79 Å². The van der Waals surface area contributed by atoms with Crippen LogP contribution in [0, 0.1) is 6.92 Å². The predicted octanol–water partition coefficient (Wildman–Crippen LogP) is 1.94. The van der Waals surface area contributed by atoms with Crippen LogP contribution >= 0.6 is 0 Å². The number of carbonyl (C=O) groups excluding carboxylic acids is 1. The summed E-state index contributed by atoms with van der Waals surface area (Å²) in [5, 5.41) is 5.82. The molecule has 2 N–H and O–H groups in total. The molecule has 3 rings (SSSR count). The minimum Gasteiger partial charge on any atom is -0.376 e. The highest BCUT2D eigenvalue weighted by Crippen LogP contribution is 2.15. The van der Waals surface area contributed by atoms with Crippen LogP contribution in [0.5, 0.6) is 0 Å². The van der Waals surface area contributed by atoms with Crippen LogP contribution in [0.4, 0.5) is 4.79 Å². The van der Waals surface area contributed by atoms with Crippen molar-refractivity contribution in [2.75, 3.05) is 6.61 Å². The minimum atomic E-state index is -0.185. The standard InChI is InChI=1S/C17H23N5O2/c1-12(15-4-3-9-24-15)21-17(23)20-11-14-5-6-19-16(10-14)22-8-7-18-13(22)2/h5-8,10,12,15H,3-4,9,11H2,1-2H3,(H2,20,21,23)/t12-,15-/m0/s1. The molecular weight excluding hydrogens is 306 g/mol. The molecule has 0 saturated carbocycles. The van der Waals surface area contributed by atoms with Crippen LogP contribution in [0.25, 0.3) is 5.82 Å². The van der Waals surface area contributed by atoms with Crippen molar-refractivity contribution in [1.29, 1.82) is 0 Å². The molecule has 1 aliphatic rings. The molecule has 0 spiro atoms. The SMILES string of the molecule is Cc1nccn1-c1cc(CNC(=O)N[C@@H](C)[C@@H]2CCCO2)ccn1. The molecule has 0 aromatic carbocycles. The Labute approximate surface area is 141 Å². The van der Waals surface area contributed by atoms with Gasteiger partial charge in [-0.25, -0.2) is 14.8 Å². The zero-order valence-electron chi connectivity index (χ0n) is 14.0. The van der Waals surface area contributed by atoms with Gasteiger partial charge in [-0.15, -0.1) is 0 Å². The maximum absolute atomic E-state index is 12.0. The molecule has 1 saturated heterocycles. The monoisotopic (exact) mass is 329 g/mol. The lowest BCUT2D eigenvalue weighted by atomic mass is 10.1. The van der Waals surface area contributed by atoms with Crippen molar-refractivity contribution in [1.82, 2.24) is 25.2 Å². The number of hydrogen-bond donors (Lipinski definition) is 2. The van der Waals surface area contributed by atoms with Crippen molar-refractivity contribution in [3.05, 3.63) is 42.1 Å². The number of hydrogen-bond acceptors (Lipinski definition) is 4. The van der Waals surface area contributed by atoms with Crippen molar-refractivity contribution in [2.45, 2.75) is 45.4 Å². The van der Waals surface area contributed by atoms with E-state index in [4.69, 9.17) is 4.74 Å². The molecule has 0 radical (unpaired) electrons. The average molecular weight is 329 g/mol. The van der Waals surface area contributed by atoms with Gasteiger partial charge in [-0.3, -0.25) is 4.57 Å². The van der Waals surface area contributed by atoms with Gasteiger partial charge in [0.25, 0.3) is 0 Å². The van der Waals surface area contributed by atoms with Gasteiger partial charge in [0.1, 0.15) is 11.6 Å². The second-order valence-electron chi connectivity index (χ2n) is 6.03. The van der Waals surface area contributed by atoms with Gasteiger partial charge in [0.15, 0.2) is 0 Å². The van der Waals surface area contributed by atoms with Crippen LogP contribution in [0.2, 0.25) is 0 Å². The molecule has 128 valence electrons. The van der Waals surface area contributed by atoms with E-state index in [2.05, 4.69) is 20.6 Å². The highest BCUT2D eigenvalue weighted by Gasteiger charge is 2.23. The Balaban J connectivity index is 1.54. The molecule has 7 nitrogen and oxygen atoms in total. The minimum absolute atomic E-state index is 0.00843. The molecule has 3 heterocycles. The largest absolute Gasteiger partial charge is 0.376 e. The Morgan fingerprint density at radius 3 is 3.04 bits per heavy atom. The van der Waals surface area contributed by atoms with Gasteiger partial charge < -0.3 is 15.4 Å². The predicted molar refractivity (Wildman–Crippen MR) is 89.9 cm³/mol. The summed E-state index contributed by atoms with van der Waals surface area (Å²) in [4.78, 5) is 20.6. The first kappa shape index (κ1) is 16.4. The molecular formula is C17H23N5O2. The summed E-state index contributed by atoms with van der Waals surface area (Å²) in [6.07, 6.45) is 7.52. The van der Waals surface area contributed by atoms with Gasteiger partial charge in [0, 0.05) is 31.7 Å². The van der Waals surface area contributed by atoms with E-state index >= 15 is 0 Å². The Morgan fingerprint density at radius 1 is 1.46 bits per heavy atom. The van der Waals surface area contributed by atoms with Crippen molar-refractivity contribution in [2.24, 2.45) is 0 Å². The van der Waals surface area contributed by atoms with Crippen molar-refractivity contribution in [3.8, 4) is 5.82 Å². The summed E-state index contributed by atoms with van der Waals surface area (Å²) in [7, 11) is 0. The van der Waals surface area contributed by atoms with Crippen LogP contribution in [0.3, 0.4) is 0 Å². The van der Waals surface area contributed by atoms with Crippen molar-refractivity contribution >= 4 is 6.03 Å². The number of aryl methyl sites for hydroxylation is 1. The van der Waals surface area contributed by atoms with Crippen LogP contribution in [0.15, 0.2) is 30.7 Å². The topological polar surface area (TPSA) is 81.1 Å². The van der Waals surface area contributed by atoms with E-state index in [1.165, 1.54) is 0 Å². The van der Waals surface area contributed by atoms with Gasteiger partial charge in [-0.05, 0) is 44.4 Å². The second kappa shape index (κ2) is 7.44. The Hall–Kier alpha value is -2.41. The van der Waals surface area contributed by atoms with E-state index in [0.29, 0.717) is 6.54 Å². The second-order valence-corrected chi connectivity index (χ2v) is 6.03. The molecule has 0 unspecified atom stereocenters. The van der Waals surface area contributed by atoms with Crippen LogP contribution < -0.4 is 10.6 Å². The lowest BCUT2D eigenvalue weighted by Gasteiger charge is -2.20. The third kappa shape index (κ3) is 3.91. The first-order valence-electron chi connectivity index (χ1n) is 8.24.